The zero-order valence-corrected chi connectivity index (χ0v) is 13.0. The number of pyridine rings is 1. The lowest BCUT2D eigenvalue weighted by Crippen LogP contribution is -2.38. The molecule has 1 fully saturated rings. The van der Waals surface area contributed by atoms with E-state index in [4.69, 9.17) is 4.74 Å². The standard InChI is InChI=1S/C18H21N3O2/c22-18(21-16-8-11-23-12-9-16)14-4-6-15(7-5-14)20-13-17-3-1-2-10-19-17/h1-7,10,16,20H,8-9,11-13H2,(H,21,22). The first-order valence-corrected chi connectivity index (χ1v) is 7.94. The number of benzene rings is 1. The minimum Gasteiger partial charge on any atom is -0.381 e. The Labute approximate surface area is 136 Å². The summed E-state index contributed by atoms with van der Waals surface area (Å²) in [5.41, 5.74) is 2.63. The molecule has 0 radical (unpaired) electrons. The van der Waals surface area contributed by atoms with E-state index in [1.54, 1.807) is 6.20 Å². The normalized spacial score (nSPS) is 15.1. The van der Waals surface area contributed by atoms with Gasteiger partial charge in [-0.2, -0.15) is 0 Å². The van der Waals surface area contributed by atoms with Crippen LogP contribution in [0, 0.1) is 0 Å². The van der Waals surface area contributed by atoms with Crippen LogP contribution >= 0.6 is 0 Å². The van der Waals surface area contributed by atoms with Gasteiger partial charge in [-0.05, 0) is 49.2 Å². The first-order chi connectivity index (χ1) is 11.3. The van der Waals surface area contributed by atoms with Gasteiger partial charge in [0.25, 0.3) is 5.91 Å². The number of nitrogens with one attached hydrogen (secondary N) is 2. The van der Waals surface area contributed by atoms with Crippen LogP contribution in [-0.4, -0.2) is 30.1 Å². The van der Waals surface area contributed by atoms with Crippen LogP contribution in [0.1, 0.15) is 28.9 Å². The third-order valence-electron chi connectivity index (χ3n) is 3.90. The number of amides is 1. The molecule has 0 bridgehead atoms. The number of carbonyl (C=O) groups is 1. The number of aromatic nitrogens is 1. The van der Waals surface area contributed by atoms with Crippen LogP contribution in [-0.2, 0) is 11.3 Å². The molecule has 1 aromatic carbocycles. The fourth-order valence-corrected chi connectivity index (χ4v) is 2.55. The summed E-state index contributed by atoms with van der Waals surface area (Å²) < 4.78 is 5.30. The van der Waals surface area contributed by atoms with E-state index in [-0.39, 0.29) is 11.9 Å². The molecule has 5 heteroatoms. The van der Waals surface area contributed by atoms with Crippen LogP contribution < -0.4 is 10.6 Å². The minimum atomic E-state index is -0.0202. The first-order valence-electron chi connectivity index (χ1n) is 7.94. The van der Waals surface area contributed by atoms with E-state index in [1.165, 1.54) is 0 Å². The Morgan fingerprint density at radius 2 is 1.91 bits per heavy atom. The Morgan fingerprint density at radius 3 is 2.61 bits per heavy atom. The van der Waals surface area contributed by atoms with Gasteiger partial charge in [-0.1, -0.05) is 6.07 Å². The van der Waals surface area contributed by atoms with Gasteiger partial charge >= 0.3 is 0 Å². The summed E-state index contributed by atoms with van der Waals surface area (Å²) in [6.07, 6.45) is 3.55. The molecule has 0 spiro atoms. The van der Waals surface area contributed by atoms with Crippen LogP contribution in [0.4, 0.5) is 5.69 Å². The van der Waals surface area contributed by atoms with Gasteiger partial charge in [-0.3, -0.25) is 9.78 Å². The van der Waals surface area contributed by atoms with Gasteiger partial charge in [-0.25, -0.2) is 0 Å². The molecule has 3 rings (SSSR count). The lowest BCUT2D eigenvalue weighted by Gasteiger charge is -2.23. The zero-order valence-electron chi connectivity index (χ0n) is 13.0. The summed E-state index contributed by atoms with van der Waals surface area (Å²) in [5, 5.41) is 6.36. The number of anilines is 1. The van der Waals surface area contributed by atoms with Gasteiger partial charge in [0.15, 0.2) is 0 Å². The number of ether oxygens (including phenoxy) is 1. The second-order valence-electron chi connectivity index (χ2n) is 5.61. The van der Waals surface area contributed by atoms with Gasteiger partial charge < -0.3 is 15.4 Å². The molecule has 23 heavy (non-hydrogen) atoms. The minimum absolute atomic E-state index is 0.0202. The molecule has 1 aromatic heterocycles. The van der Waals surface area contributed by atoms with Gasteiger partial charge in [0.05, 0.1) is 12.2 Å². The fourth-order valence-electron chi connectivity index (χ4n) is 2.55. The maximum Gasteiger partial charge on any atom is 0.251 e. The molecular formula is C18H21N3O2. The number of hydrogen-bond acceptors (Lipinski definition) is 4. The Hall–Kier alpha value is -2.40. The number of nitrogens with zero attached hydrogens (tertiary/aromatic N) is 1. The molecule has 5 nitrogen and oxygen atoms in total. The lowest BCUT2D eigenvalue weighted by atomic mass is 10.1. The van der Waals surface area contributed by atoms with E-state index in [0.717, 1.165) is 37.4 Å². The van der Waals surface area contributed by atoms with Crippen molar-refractivity contribution in [1.29, 1.82) is 0 Å². The van der Waals surface area contributed by atoms with Crippen molar-refractivity contribution in [2.75, 3.05) is 18.5 Å². The third-order valence-corrected chi connectivity index (χ3v) is 3.90. The quantitative estimate of drug-likeness (QED) is 0.891. The average molecular weight is 311 g/mol. The Bertz CT molecular complexity index is 622. The van der Waals surface area contributed by atoms with Crippen molar-refractivity contribution in [2.45, 2.75) is 25.4 Å². The second kappa shape index (κ2) is 7.74. The molecular weight excluding hydrogens is 290 g/mol. The van der Waals surface area contributed by atoms with Crippen molar-refractivity contribution in [2.24, 2.45) is 0 Å². The Morgan fingerprint density at radius 1 is 1.13 bits per heavy atom. The monoisotopic (exact) mass is 311 g/mol. The Balaban J connectivity index is 1.52. The summed E-state index contributed by atoms with van der Waals surface area (Å²) in [6.45, 7) is 2.11. The summed E-state index contributed by atoms with van der Waals surface area (Å²) in [7, 11) is 0. The van der Waals surface area contributed by atoms with Crippen molar-refractivity contribution in [3.8, 4) is 0 Å². The summed E-state index contributed by atoms with van der Waals surface area (Å²) in [4.78, 5) is 16.5. The molecule has 1 aliphatic heterocycles. The first kappa shape index (κ1) is 15.5. The van der Waals surface area contributed by atoms with E-state index in [2.05, 4.69) is 15.6 Å². The molecule has 2 N–H and O–H groups in total. The lowest BCUT2D eigenvalue weighted by molar-refractivity contribution is 0.0696. The van der Waals surface area contributed by atoms with E-state index < -0.39 is 0 Å². The van der Waals surface area contributed by atoms with Gasteiger partial charge in [0.2, 0.25) is 0 Å². The highest BCUT2D eigenvalue weighted by Crippen LogP contribution is 2.12. The van der Waals surface area contributed by atoms with Crippen molar-refractivity contribution in [3.63, 3.8) is 0 Å². The zero-order chi connectivity index (χ0) is 15.9. The maximum absolute atomic E-state index is 12.2. The Kier molecular flexibility index (Phi) is 5.21. The van der Waals surface area contributed by atoms with Gasteiger partial charge in [0.1, 0.15) is 0 Å². The molecule has 0 aliphatic carbocycles. The summed E-state index contributed by atoms with van der Waals surface area (Å²) in [5.74, 6) is -0.0202. The summed E-state index contributed by atoms with van der Waals surface area (Å²) >= 11 is 0. The third kappa shape index (κ3) is 4.53. The SMILES string of the molecule is O=C(NC1CCOCC1)c1ccc(NCc2ccccn2)cc1. The highest BCUT2D eigenvalue weighted by molar-refractivity contribution is 5.94. The largest absolute Gasteiger partial charge is 0.381 e. The predicted molar refractivity (Wildman–Crippen MR) is 89.3 cm³/mol. The van der Waals surface area contributed by atoms with Crippen molar-refractivity contribution in [3.05, 3.63) is 59.9 Å². The smallest absolute Gasteiger partial charge is 0.251 e. The molecule has 2 heterocycles. The van der Waals surface area contributed by atoms with Crippen LogP contribution in [0.2, 0.25) is 0 Å². The van der Waals surface area contributed by atoms with Crippen molar-refractivity contribution in [1.82, 2.24) is 10.3 Å². The van der Waals surface area contributed by atoms with Crippen LogP contribution in [0.25, 0.3) is 0 Å². The number of hydrogen-bond donors (Lipinski definition) is 2. The van der Waals surface area contributed by atoms with E-state index in [1.807, 2.05) is 42.5 Å². The molecule has 0 unspecified atom stereocenters. The molecule has 2 aromatic rings. The molecule has 1 aliphatic rings. The van der Waals surface area contributed by atoms with Gasteiger partial charge in [-0.15, -0.1) is 0 Å². The number of rotatable bonds is 5. The van der Waals surface area contributed by atoms with E-state index in [9.17, 15) is 4.79 Å². The molecule has 1 amide bonds. The van der Waals surface area contributed by atoms with Gasteiger partial charge in [0, 0.05) is 36.7 Å². The van der Waals surface area contributed by atoms with E-state index in [0.29, 0.717) is 12.1 Å². The van der Waals surface area contributed by atoms with E-state index >= 15 is 0 Å². The highest BCUT2D eigenvalue weighted by atomic mass is 16.5. The predicted octanol–water partition coefficient (Wildman–Crippen LogP) is 2.60. The molecule has 120 valence electrons. The highest BCUT2D eigenvalue weighted by Gasteiger charge is 2.16. The number of carbonyl (C=O) groups excluding carboxylic acids is 1. The van der Waals surface area contributed by atoms with Crippen LogP contribution in [0.3, 0.4) is 0 Å². The maximum atomic E-state index is 12.2. The second-order valence-corrected chi connectivity index (χ2v) is 5.61. The van der Waals surface area contributed by atoms with Crippen LogP contribution in [0.15, 0.2) is 48.7 Å². The topological polar surface area (TPSA) is 63.2 Å². The van der Waals surface area contributed by atoms with Crippen LogP contribution in [0.5, 0.6) is 0 Å². The van der Waals surface area contributed by atoms with Crippen molar-refractivity contribution >= 4 is 11.6 Å². The summed E-state index contributed by atoms with van der Waals surface area (Å²) in [6, 6.07) is 13.6. The fraction of sp³-hybridized carbons (Fsp3) is 0.333. The molecule has 0 saturated carbocycles. The molecule has 0 atom stereocenters. The average Bonchev–Trinajstić information content (AvgIpc) is 2.62. The van der Waals surface area contributed by atoms with Crippen molar-refractivity contribution < 1.29 is 9.53 Å². The molecule has 1 saturated heterocycles.